The minimum Gasteiger partial charge on any atom is -0.632 e. The van der Waals surface area contributed by atoms with E-state index in [1.54, 1.807) is 0 Å². The number of quaternary nitrogens is 1. The van der Waals surface area contributed by atoms with Crippen LogP contribution < -0.4 is 4.74 Å². The summed E-state index contributed by atoms with van der Waals surface area (Å²) in [5, 5.41) is 14.8. The number of carbonyl (C=O) groups excluding carboxylic acids is 1. The summed E-state index contributed by atoms with van der Waals surface area (Å²) in [6, 6.07) is 16.7. The summed E-state index contributed by atoms with van der Waals surface area (Å²) in [6.07, 6.45) is 9.33. The third-order valence-electron chi connectivity index (χ3n) is 9.94. The second kappa shape index (κ2) is 10.4. The molecule has 2 aromatic rings. The van der Waals surface area contributed by atoms with Crippen LogP contribution in [0, 0.1) is 11.1 Å². The topological polar surface area (TPSA) is 58.6 Å². The van der Waals surface area contributed by atoms with Gasteiger partial charge in [-0.05, 0) is 55.7 Å². The molecule has 0 N–H and O–H groups in total. The highest BCUT2D eigenvalue weighted by molar-refractivity contribution is 5.83. The average Bonchev–Trinajstić information content (AvgIpc) is 3.74. The van der Waals surface area contributed by atoms with Crippen LogP contribution in [0.1, 0.15) is 81.4 Å². The normalized spacial score (nSPS) is 31.9. The van der Waals surface area contributed by atoms with E-state index < -0.39 is 11.0 Å². The zero-order valence-corrected chi connectivity index (χ0v) is 23.0. The van der Waals surface area contributed by atoms with E-state index in [4.69, 9.17) is 9.47 Å². The van der Waals surface area contributed by atoms with E-state index in [1.165, 1.54) is 29.5 Å². The number of nitrogens with zero attached hydrogens (tertiary/aromatic N) is 1. The van der Waals surface area contributed by atoms with Crippen LogP contribution >= 0.6 is 0 Å². The van der Waals surface area contributed by atoms with Gasteiger partial charge in [-0.3, -0.25) is 4.79 Å². The van der Waals surface area contributed by atoms with Crippen LogP contribution in [-0.2, 0) is 27.8 Å². The van der Waals surface area contributed by atoms with Gasteiger partial charge in [0, 0.05) is 49.2 Å². The predicted octanol–water partition coefficient (Wildman–Crippen LogP) is 6.30. The Kier molecular flexibility index (Phi) is 7.13. The van der Waals surface area contributed by atoms with E-state index in [-0.39, 0.29) is 10.7 Å². The lowest BCUT2D eigenvalue weighted by molar-refractivity contribution is -0.924. The number of hydrogen-bond acceptors (Lipinski definition) is 4. The second-order valence-electron chi connectivity index (χ2n) is 12.4. The molecule has 0 amide bonds. The molecular formula is C33H43NO4. The summed E-state index contributed by atoms with van der Waals surface area (Å²) in [5.41, 5.74) is 2.60. The lowest BCUT2D eigenvalue weighted by Gasteiger charge is -2.69. The Labute approximate surface area is 227 Å². The molecule has 0 aromatic heterocycles. The van der Waals surface area contributed by atoms with Gasteiger partial charge in [0.15, 0.2) is 0 Å². The molecule has 4 atom stereocenters. The number of ketones is 1. The number of hydrogen-bond donors (Lipinski definition) is 0. The first-order chi connectivity index (χ1) is 18.5. The molecule has 38 heavy (non-hydrogen) atoms. The third kappa shape index (κ3) is 4.51. The molecule has 0 radical (unpaired) electrons. The van der Waals surface area contributed by atoms with Crippen LogP contribution in [0.3, 0.4) is 0 Å². The van der Waals surface area contributed by atoms with Gasteiger partial charge >= 0.3 is 0 Å². The maximum absolute atomic E-state index is 14.8. The number of ether oxygens (including phenoxy) is 2. The van der Waals surface area contributed by atoms with Crippen LogP contribution in [0.2, 0.25) is 0 Å². The van der Waals surface area contributed by atoms with E-state index in [2.05, 4.69) is 49.4 Å². The van der Waals surface area contributed by atoms with Gasteiger partial charge in [-0.1, -0.05) is 55.8 Å². The van der Waals surface area contributed by atoms with Crippen molar-refractivity contribution in [1.82, 2.24) is 0 Å². The maximum Gasteiger partial charge on any atom is 0.134 e. The highest BCUT2D eigenvalue weighted by Crippen LogP contribution is 2.63. The number of unbranched alkanes of at least 4 members (excludes halogenated alkanes) is 1. The first-order valence-electron chi connectivity index (χ1n) is 15.0. The number of carbonyl (C=O) groups is 1. The monoisotopic (exact) mass is 517 g/mol. The van der Waals surface area contributed by atoms with Crippen molar-refractivity contribution in [2.45, 2.75) is 94.6 Å². The van der Waals surface area contributed by atoms with E-state index in [0.29, 0.717) is 70.1 Å². The number of benzene rings is 2. The number of hydroxylamine groups is 3. The average molecular weight is 518 g/mol. The Balaban J connectivity index is 1.39. The summed E-state index contributed by atoms with van der Waals surface area (Å²) >= 11 is 0. The molecule has 1 aliphatic heterocycles. The summed E-state index contributed by atoms with van der Waals surface area (Å²) in [7, 11) is 0. The zero-order chi connectivity index (χ0) is 26.2. The standard InChI is InChI=1S/C33H43NO4/c1-2-3-20-37-29-13-7-12-27-22-30-33(38-21-8-11-25-9-5-4-6-10-25)17-16-28(35)23-32(33,31(27)29)18-19-34(30,36)24-26-14-15-26/h4-7,9-10,12-13,26,30H,2-3,8,11,14-24H2,1H3/t30?,32-,33-,34?/m1/s1. The van der Waals surface area contributed by atoms with Crippen molar-refractivity contribution in [1.29, 1.82) is 0 Å². The highest BCUT2D eigenvalue weighted by Gasteiger charge is 2.70. The fourth-order valence-electron chi connectivity index (χ4n) is 7.98. The third-order valence-corrected chi connectivity index (χ3v) is 9.94. The van der Waals surface area contributed by atoms with Gasteiger partial charge in [0.2, 0.25) is 0 Å². The molecule has 6 rings (SSSR count). The lowest BCUT2D eigenvalue weighted by Crippen LogP contribution is -2.78. The van der Waals surface area contributed by atoms with Crippen molar-refractivity contribution >= 4 is 5.78 Å². The Morgan fingerprint density at radius 1 is 1.03 bits per heavy atom. The number of fused-ring (bicyclic) bond motifs is 1. The van der Waals surface area contributed by atoms with Crippen molar-refractivity contribution in [3.63, 3.8) is 0 Å². The summed E-state index contributed by atoms with van der Waals surface area (Å²) in [5.74, 6) is 1.76. The summed E-state index contributed by atoms with van der Waals surface area (Å²) < 4.78 is 13.4. The van der Waals surface area contributed by atoms with E-state index in [0.717, 1.165) is 31.4 Å². The first-order valence-corrected chi connectivity index (χ1v) is 15.0. The summed E-state index contributed by atoms with van der Waals surface area (Å²) in [4.78, 5) is 13.2. The molecule has 4 aliphatic rings. The van der Waals surface area contributed by atoms with Gasteiger partial charge in [0.25, 0.3) is 0 Å². The summed E-state index contributed by atoms with van der Waals surface area (Å²) in [6.45, 7) is 4.74. The van der Waals surface area contributed by atoms with Crippen LogP contribution in [0.25, 0.3) is 0 Å². The Hall–Kier alpha value is -2.21. The molecule has 204 valence electrons. The van der Waals surface area contributed by atoms with Gasteiger partial charge in [0.05, 0.1) is 19.7 Å². The van der Waals surface area contributed by atoms with E-state index in [9.17, 15) is 10.0 Å². The fraction of sp³-hybridized carbons (Fsp3) is 0.606. The Morgan fingerprint density at radius 2 is 1.87 bits per heavy atom. The molecule has 2 bridgehead atoms. The van der Waals surface area contributed by atoms with Gasteiger partial charge < -0.3 is 19.3 Å². The Bertz CT molecular complexity index is 1150. The molecular weight excluding hydrogens is 474 g/mol. The van der Waals surface area contributed by atoms with Gasteiger partial charge in [-0.2, -0.15) is 0 Å². The number of aryl methyl sites for hydroxylation is 1. The minimum atomic E-state index is -0.621. The van der Waals surface area contributed by atoms with Crippen LogP contribution in [0.5, 0.6) is 5.75 Å². The molecule has 1 saturated heterocycles. The molecule has 5 heteroatoms. The van der Waals surface area contributed by atoms with Crippen molar-refractivity contribution in [2.75, 3.05) is 26.3 Å². The molecule has 3 fully saturated rings. The Morgan fingerprint density at radius 3 is 2.66 bits per heavy atom. The van der Waals surface area contributed by atoms with Gasteiger partial charge in [0.1, 0.15) is 23.2 Å². The largest absolute Gasteiger partial charge is 0.632 e. The molecule has 2 aromatic carbocycles. The van der Waals surface area contributed by atoms with Crippen LogP contribution in [0.4, 0.5) is 0 Å². The molecule has 5 nitrogen and oxygen atoms in total. The van der Waals surface area contributed by atoms with Crippen molar-refractivity contribution in [3.05, 3.63) is 70.4 Å². The smallest absolute Gasteiger partial charge is 0.134 e. The number of piperidine rings is 1. The van der Waals surface area contributed by atoms with E-state index in [1.807, 2.05) is 6.07 Å². The van der Waals surface area contributed by atoms with Gasteiger partial charge in [-0.15, -0.1) is 0 Å². The number of likely N-dealkylation sites (tertiary alicyclic amines) is 1. The number of Topliss-reactive ketones (excluding diaryl/α,β-unsaturated/α-hetero) is 1. The predicted molar refractivity (Wildman–Crippen MR) is 149 cm³/mol. The highest BCUT2D eigenvalue weighted by atomic mass is 16.6. The molecule has 2 saturated carbocycles. The van der Waals surface area contributed by atoms with E-state index >= 15 is 0 Å². The fourth-order valence-corrected chi connectivity index (χ4v) is 7.98. The first kappa shape index (κ1) is 26.0. The van der Waals surface area contributed by atoms with Crippen molar-refractivity contribution in [3.8, 4) is 5.75 Å². The zero-order valence-electron chi connectivity index (χ0n) is 23.0. The SMILES string of the molecule is CCCCOc1cccc2c1[C@]13CC[N+]([O-])(CC4CC4)C(C2)[C@]1(OCCCc1ccccc1)CCC(=O)C3. The van der Waals surface area contributed by atoms with Crippen LogP contribution in [0.15, 0.2) is 48.5 Å². The molecule has 0 spiro atoms. The lowest BCUT2D eigenvalue weighted by atomic mass is 9.49. The van der Waals surface area contributed by atoms with Crippen molar-refractivity contribution in [2.24, 2.45) is 5.92 Å². The van der Waals surface area contributed by atoms with Gasteiger partial charge in [-0.25, -0.2) is 0 Å². The molecule has 2 unspecified atom stereocenters. The minimum absolute atomic E-state index is 0.153. The van der Waals surface area contributed by atoms with Crippen LogP contribution in [-0.4, -0.2) is 48.4 Å². The second-order valence-corrected chi connectivity index (χ2v) is 12.4. The number of rotatable bonds is 11. The molecule has 3 aliphatic carbocycles. The maximum atomic E-state index is 14.8. The quantitative estimate of drug-likeness (QED) is 0.199. The molecule has 1 heterocycles. The van der Waals surface area contributed by atoms with Crippen molar-refractivity contribution < 1.29 is 18.9 Å².